The quantitative estimate of drug-likeness (QED) is 0.481. The Bertz CT molecular complexity index is 509. The first-order valence-corrected chi connectivity index (χ1v) is 9.65. The maximum absolute atomic E-state index is 11.9. The SMILES string of the molecule is C#CC(c1cc(OC)ccc1C(=O)OC)[Si](C)(C)C. The third-order valence-corrected chi connectivity index (χ3v) is 5.22. The highest BCUT2D eigenvalue weighted by molar-refractivity contribution is 6.78. The topological polar surface area (TPSA) is 35.5 Å². The zero-order chi connectivity index (χ0) is 14.6. The van der Waals surface area contributed by atoms with Gasteiger partial charge in [-0.25, -0.2) is 4.79 Å². The van der Waals surface area contributed by atoms with E-state index < -0.39 is 8.07 Å². The van der Waals surface area contributed by atoms with Gasteiger partial charge in [-0.05, 0) is 23.8 Å². The lowest BCUT2D eigenvalue weighted by molar-refractivity contribution is 0.0599. The van der Waals surface area contributed by atoms with Crippen LogP contribution in [-0.4, -0.2) is 28.3 Å². The van der Waals surface area contributed by atoms with Crippen LogP contribution < -0.4 is 4.74 Å². The van der Waals surface area contributed by atoms with Gasteiger partial charge in [-0.3, -0.25) is 0 Å². The van der Waals surface area contributed by atoms with Crippen LogP contribution in [0.2, 0.25) is 19.6 Å². The second-order valence-corrected chi connectivity index (χ2v) is 10.7. The third kappa shape index (κ3) is 3.39. The van der Waals surface area contributed by atoms with Crippen molar-refractivity contribution in [2.75, 3.05) is 14.2 Å². The van der Waals surface area contributed by atoms with E-state index in [9.17, 15) is 4.79 Å². The van der Waals surface area contributed by atoms with Crippen molar-refractivity contribution < 1.29 is 14.3 Å². The highest BCUT2D eigenvalue weighted by atomic mass is 28.3. The summed E-state index contributed by atoms with van der Waals surface area (Å²) in [6.07, 6.45) is 5.68. The first-order valence-electron chi connectivity index (χ1n) is 6.07. The van der Waals surface area contributed by atoms with Crippen LogP contribution in [0.3, 0.4) is 0 Å². The maximum Gasteiger partial charge on any atom is 0.338 e. The zero-order valence-corrected chi connectivity index (χ0v) is 13.1. The fourth-order valence-electron chi connectivity index (χ4n) is 2.01. The summed E-state index contributed by atoms with van der Waals surface area (Å²) in [5.41, 5.74) is 1.29. The third-order valence-electron chi connectivity index (χ3n) is 3.01. The molecule has 102 valence electrons. The smallest absolute Gasteiger partial charge is 0.338 e. The summed E-state index contributed by atoms with van der Waals surface area (Å²) >= 11 is 0. The van der Waals surface area contributed by atoms with Gasteiger partial charge in [0.1, 0.15) is 5.75 Å². The molecule has 1 aromatic rings. The summed E-state index contributed by atoms with van der Waals surface area (Å²) in [5, 5.41) is 0. The number of carbonyl (C=O) groups is 1. The molecule has 0 amide bonds. The Morgan fingerprint density at radius 3 is 2.37 bits per heavy atom. The minimum absolute atomic E-state index is 0.0586. The second-order valence-electron chi connectivity index (χ2n) is 5.41. The molecule has 1 atom stereocenters. The molecule has 0 spiro atoms. The average molecular weight is 276 g/mol. The number of hydrogen-bond acceptors (Lipinski definition) is 3. The molecule has 0 heterocycles. The summed E-state index contributed by atoms with van der Waals surface area (Å²) in [5.74, 6) is 3.16. The van der Waals surface area contributed by atoms with Gasteiger partial charge in [-0.15, -0.1) is 12.3 Å². The van der Waals surface area contributed by atoms with Crippen molar-refractivity contribution in [2.24, 2.45) is 0 Å². The monoisotopic (exact) mass is 276 g/mol. The Hall–Kier alpha value is -1.73. The average Bonchev–Trinajstić information content (AvgIpc) is 2.36. The molecule has 19 heavy (non-hydrogen) atoms. The molecule has 0 aliphatic heterocycles. The molecule has 0 bridgehead atoms. The van der Waals surface area contributed by atoms with Gasteiger partial charge in [0.25, 0.3) is 0 Å². The highest BCUT2D eigenvalue weighted by Gasteiger charge is 2.30. The molecule has 0 N–H and O–H groups in total. The van der Waals surface area contributed by atoms with E-state index in [2.05, 4.69) is 25.6 Å². The normalized spacial score (nSPS) is 12.4. The van der Waals surface area contributed by atoms with Gasteiger partial charge in [0, 0.05) is 5.54 Å². The van der Waals surface area contributed by atoms with Crippen molar-refractivity contribution >= 4 is 14.0 Å². The first kappa shape index (κ1) is 15.3. The van der Waals surface area contributed by atoms with E-state index in [4.69, 9.17) is 15.9 Å². The molecular weight excluding hydrogens is 256 g/mol. The highest BCUT2D eigenvalue weighted by Crippen LogP contribution is 2.32. The van der Waals surface area contributed by atoms with Gasteiger partial charge >= 0.3 is 5.97 Å². The van der Waals surface area contributed by atoms with Crippen molar-refractivity contribution in [3.8, 4) is 18.1 Å². The lowest BCUT2D eigenvalue weighted by Gasteiger charge is -2.26. The molecule has 0 aliphatic rings. The van der Waals surface area contributed by atoms with Crippen LogP contribution >= 0.6 is 0 Å². The van der Waals surface area contributed by atoms with Gasteiger partial charge in [-0.1, -0.05) is 19.6 Å². The second kappa shape index (κ2) is 5.94. The molecule has 3 nitrogen and oxygen atoms in total. The predicted octanol–water partition coefficient (Wildman–Crippen LogP) is 3.08. The zero-order valence-electron chi connectivity index (χ0n) is 12.1. The molecule has 0 radical (unpaired) electrons. The minimum Gasteiger partial charge on any atom is -0.497 e. The van der Waals surface area contributed by atoms with Crippen LogP contribution in [-0.2, 0) is 4.74 Å². The van der Waals surface area contributed by atoms with Gasteiger partial charge in [0.2, 0.25) is 0 Å². The fourth-order valence-corrected chi connectivity index (χ4v) is 3.68. The number of terminal acetylenes is 1. The number of esters is 1. The van der Waals surface area contributed by atoms with Gasteiger partial charge < -0.3 is 9.47 Å². The summed E-state index contributed by atoms with van der Waals surface area (Å²) in [4.78, 5) is 11.9. The summed E-state index contributed by atoms with van der Waals surface area (Å²) in [7, 11) is 1.31. The Balaban J connectivity index is 3.45. The Morgan fingerprint density at radius 2 is 1.95 bits per heavy atom. The summed E-state index contributed by atoms with van der Waals surface area (Å²) in [6.45, 7) is 6.54. The van der Waals surface area contributed by atoms with Crippen molar-refractivity contribution in [3.05, 3.63) is 29.3 Å². The molecule has 4 heteroatoms. The van der Waals surface area contributed by atoms with Gasteiger partial charge in [0.15, 0.2) is 0 Å². The van der Waals surface area contributed by atoms with E-state index in [1.807, 2.05) is 6.07 Å². The molecule has 0 saturated heterocycles. The van der Waals surface area contributed by atoms with Gasteiger partial charge in [0.05, 0.1) is 27.9 Å². The number of ether oxygens (including phenoxy) is 2. The Morgan fingerprint density at radius 1 is 1.32 bits per heavy atom. The number of rotatable bonds is 4. The number of benzene rings is 1. The fraction of sp³-hybridized carbons (Fsp3) is 0.400. The molecule has 1 rings (SSSR count). The van der Waals surface area contributed by atoms with Crippen molar-refractivity contribution in [2.45, 2.75) is 25.2 Å². The first-order chi connectivity index (χ1) is 8.85. The molecular formula is C15H20O3Si. The molecule has 1 unspecified atom stereocenters. The van der Waals surface area contributed by atoms with Crippen LogP contribution in [0.25, 0.3) is 0 Å². The molecule has 0 fully saturated rings. The molecule has 0 aromatic heterocycles. The number of hydrogen-bond donors (Lipinski definition) is 0. The van der Waals surface area contributed by atoms with Crippen LogP contribution in [0.15, 0.2) is 18.2 Å². The largest absolute Gasteiger partial charge is 0.497 e. The van der Waals surface area contributed by atoms with E-state index in [1.54, 1.807) is 19.2 Å². The summed E-state index contributed by atoms with van der Waals surface area (Å²) in [6, 6.07) is 5.30. The van der Waals surface area contributed by atoms with Crippen molar-refractivity contribution in [1.82, 2.24) is 0 Å². The molecule has 1 aromatic carbocycles. The minimum atomic E-state index is -1.65. The maximum atomic E-state index is 11.9. The van der Waals surface area contributed by atoms with E-state index >= 15 is 0 Å². The van der Waals surface area contributed by atoms with Crippen molar-refractivity contribution in [1.29, 1.82) is 0 Å². The van der Waals surface area contributed by atoms with E-state index in [0.29, 0.717) is 11.3 Å². The standard InChI is InChI=1S/C15H20O3Si/c1-7-14(19(4,5)6)13-10-11(17-2)8-9-12(13)15(16)18-3/h1,8-10,14H,2-6H3. The van der Waals surface area contributed by atoms with Crippen LogP contribution in [0.5, 0.6) is 5.75 Å². The molecule has 0 saturated carbocycles. The Kier molecular flexibility index (Phi) is 4.79. The van der Waals surface area contributed by atoms with E-state index in [1.165, 1.54) is 7.11 Å². The summed E-state index contributed by atoms with van der Waals surface area (Å²) < 4.78 is 10.1. The van der Waals surface area contributed by atoms with E-state index in [0.717, 1.165) is 5.56 Å². The lowest BCUT2D eigenvalue weighted by Crippen LogP contribution is -2.31. The number of carbonyl (C=O) groups excluding carboxylic acids is 1. The van der Waals surface area contributed by atoms with Crippen LogP contribution in [0.4, 0.5) is 0 Å². The molecule has 0 aliphatic carbocycles. The Labute approximate surface area is 115 Å². The van der Waals surface area contributed by atoms with E-state index in [-0.39, 0.29) is 11.5 Å². The predicted molar refractivity (Wildman–Crippen MR) is 79.3 cm³/mol. The van der Waals surface area contributed by atoms with Crippen molar-refractivity contribution in [3.63, 3.8) is 0 Å². The van der Waals surface area contributed by atoms with Crippen LogP contribution in [0, 0.1) is 12.3 Å². The number of methoxy groups -OCH3 is 2. The lowest BCUT2D eigenvalue weighted by atomic mass is 10.0. The van der Waals surface area contributed by atoms with Crippen LogP contribution in [0.1, 0.15) is 21.5 Å². The van der Waals surface area contributed by atoms with Gasteiger partial charge in [-0.2, -0.15) is 0 Å².